The fourth-order valence-electron chi connectivity index (χ4n) is 6.05. The molecular weight excluding hydrogens is 573 g/mol. The van der Waals surface area contributed by atoms with Crippen molar-refractivity contribution in [1.82, 2.24) is 39.7 Å². The number of aromatic amines is 1. The van der Waals surface area contributed by atoms with Crippen LogP contribution < -0.4 is 0 Å². The van der Waals surface area contributed by atoms with Crippen LogP contribution >= 0.6 is 0 Å². The van der Waals surface area contributed by atoms with Crippen molar-refractivity contribution in [2.45, 2.75) is 64.3 Å². The van der Waals surface area contributed by atoms with Crippen molar-refractivity contribution < 1.29 is 22.7 Å². The summed E-state index contributed by atoms with van der Waals surface area (Å²) >= 11 is 0. The summed E-state index contributed by atoms with van der Waals surface area (Å²) in [6, 6.07) is 8.93. The quantitative estimate of drug-likeness (QED) is 0.296. The van der Waals surface area contributed by atoms with E-state index in [0.29, 0.717) is 48.7 Å². The zero-order valence-corrected chi connectivity index (χ0v) is 25.4. The lowest BCUT2D eigenvalue weighted by Crippen LogP contribution is -2.49. The van der Waals surface area contributed by atoms with Gasteiger partial charge < -0.3 is 14.2 Å². The number of alkyl halides is 3. The van der Waals surface area contributed by atoms with Gasteiger partial charge in [0.05, 0.1) is 11.2 Å². The maximum Gasteiger partial charge on any atom is 0.433 e. The second-order valence-corrected chi connectivity index (χ2v) is 12.8. The number of halogens is 3. The Hall–Kier alpha value is -4.00. The minimum atomic E-state index is -4.63. The first kappa shape index (κ1) is 30.0. The van der Waals surface area contributed by atoms with Gasteiger partial charge in [0.1, 0.15) is 29.1 Å². The first-order valence-electron chi connectivity index (χ1n) is 15.0. The van der Waals surface area contributed by atoms with Gasteiger partial charge in [0.15, 0.2) is 0 Å². The number of carbonyl (C=O) groups excluding carboxylic acids is 1. The molecule has 13 heteroatoms. The Bertz CT molecular complexity index is 1650. The molecule has 4 aromatic rings. The SMILES string of the molecule is Cn1cnnc1C(c1cccc(-c2n[nH]c3c(CN4CCN(C(=O)OC(C)(C)C)CC4)nc(C(F)(F)F)cc23)c1)C1CCC1. The van der Waals surface area contributed by atoms with Gasteiger partial charge in [-0.15, -0.1) is 10.2 Å². The number of hydrogen-bond acceptors (Lipinski definition) is 7. The molecule has 1 unspecified atom stereocenters. The molecule has 1 aromatic carbocycles. The van der Waals surface area contributed by atoms with Crippen LogP contribution in [0.4, 0.5) is 18.0 Å². The standard InChI is InChI=1S/C31H37F3N8O2/c1-30(2,3)44-29(43)42-13-11-41(12-14-42)17-23-27-22(16-24(36-23)31(32,33)34)26(37-38-27)21-10-6-9-20(15-21)25(19-7-5-8-19)28-39-35-18-40(28)4/h6,9-10,15-16,18-19,25H,5,7-8,11-14,17H2,1-4H3,(H,37,38). The van der Waals surface area contributed by atoms with Crippen molar-refractivity contribution in [3.63, 3.8) is 0 Å². The third-order valence-corrected chi connectivity index (χ3v) is 8.48. The first-order chi connectivity index (χ1) is 20.9. The summed E-state index contributed by atoms with van der Waals surface area (Å²) in [4.78, 5) is 20.1. The van der Waals surface area contributed by atoms with Crippen LogP contribution in [0, 0.1) is 5.92 Å². The van der Waals surface area contributed by atoms with E-state index in [-0.39, 0.29) is 18.2 Å². The van der Waals surface area contributed by atoms with Gasteiger partial charge in [0.25, 0.3) is 0 Å². The highest BCUT2D eigenvalue weighted by atomic mass is 19.4. The number of ether oxygens (including phenoxy) is 1. The average Bonchev–Trinajstić information content (AvgIpc) is 3.56. The number of aryl methyl sites for hydroxylation is 1. The number of pyridine rings is 1. The highest BCUT2D eigenvalue weighted by Gasteiger charge is 2.36. The second-order valence-electron chi connectivity index (χ2n) is 12.8. The van der Waals surface area contributed by atoms with Crippen LogP contribution in [0.15, 0.2) is 36.7 Å². The molecule has 1 saturated heterocycles. The molecule has 0 bridgehead atoms. The lowest BCUT2D eigenvalue weighted by atomic mass is 9.72. The molecule has 2 fully saturated rings. The van der Waals surface area contributed by atoms with Crippen molar-refractivity contribution in [3.05, 3.63) is 59.4 Å². The number of benzene rings is 1. The van der Waals surface area contributed by atoms with E-state index < -0.39 is 23.6 Å². The van der Waals surface area contributed by atoms with E-state index >= 15 is 0 Å². The molecule has 234 valence electrons. The van der Waals surface area contributed by atoms with Gasteiger partial charge in [-0.05, 0) is 57.2 Å². The molecular formula is C31H37F3N8O2. The number of hydrogen-bond donors (Lipinski definition) is 1. The Kier molecular flexibility index (Phi) is 7.85. The molecule has 4 heterocycles. The Labute approximate surface area is 253 Å². The summed E-state index contributed by atoms with van der Waals surface area (Å²) in [6.45, 7) is 7.39. The summed E-state index contributed by atoms with van der Waals surface area (Å²) in [5.41, 5.74) is 1.36. The molecule has 1 aliphatic heterocycles. The lowest BCUT2D eigenvalue weighted by molar-refractivity contribution is -0.141. The van der Waals surface area contributed by atoms with Gasteiger partial charge in [-0.2, -0.15) is 18.3 Å². The Morgan fingerprint density at radius 1 is 1.11 bits per heavy atom. The third kappa shape index (κ3) is 6.15. The largest absolute Gasteiger partial charge is 0.444 e. The van der Waals surface area contributed by atoms with Gasteiger partial charge in [0, 0.05) is 56.6 Å². The van der Waals surface area contributed by atoms with Crippen LogP contribution in [-0.2, 0) is 24.5 Å². The van der Waals surface area contributed by atoms with Crippen LogP contribution in [0.2, 0.25) is 0 Å². The molecule has 1 amide bonds. The minimum absolute atomic E-state index is 0.0312. The molecule has 0 spiro atoms. The number of nitrogens with one attached hydrogen (secondary N) is 1. The molecule has 1 saturated carbocycles. The Morgan fingerprint density at radius 2 is 1.86 bits per heavy atom. The van der Waals surface area contributed by atoms with E-state index in [0.717, 1.165) is 42.3 Å². The number of amides is 1. The molecule has 1 atom stereocenters. The van der Waals surface area contributed by atoms with E-state index in [1.165, 1.54) is 0 Å². The van der Waals surface area contributed by atoms with Crippen LogP contribution in [0.25, 0.3) is 22.2 Å². The van der Waals surface area contributed by atoms with Gasteiger partial charge in [-0.1, -0.05) is 24.6 Å². The van der Waals surface area contributed by atoms with E-state index in [1.54, 1.807) is 11.2 Å². The summed E-state index contributed by atoms with van der Waals surface area (Å²) < 4.78 is 49.7. The van der Waals surface area contributed by atoms with Crippen molar-refractivity contribution in [1.29, 1.82) is 0 Å². The predicted molar refractivity (Wildman–Crippen MR) is 158 cm³/mol. The summed E-state index contributed by atoms with van der Waals surface area (Å²) in [5.74, 6) is 1.33. The second kappa shape index (κ2) is 11.5. The van der Waals surface area contributed by atoms with Crippen LogP contribution in [0.5, 0.6) is 0 Å². The maximum atomic E-state index is 14.1. The molecule has 6 rings (SSSR count). The number of carbonyl (C=O) groups is 1. The smallest absolute Gasteiger partial charge is 0.433 e. The van der Waals surface area contributed by atoms with Gasteiger partial charge in [0.2, 0.25) is 0 Å². The summed E-state index contributed by atoms with van der Waals surface area (Å²) in [6.07, 6.45) is 0.00303. The molecule has 10 nitrogen and oxygen atoms in total. The van der Waals surface area contributed by atoms with Crippen LogP contribution in [-0.4, -0.2) is 77.6 Å². The zero-order valence-electron chi connectivity index (χ0n) is 25.4. The zero-order chi connectivity index (χ0) is 31.2. The van der Waals surface area contributed by atoms with Crippen molar-refractivity contribution >= 4 is 17.0 Å². The molecule has 3 aromatic heterocycles. The van der Waals surface area contributed by atoms with Gasteiger partial charge in [-0.25, -0.2) is 9.78 Å². The van der Waals surface area contributed by atoms with Crippen LogP contribution in [0.3, 0.4) is 0 Å². The molecule has 44 heavy (non-hydrogen) atoms. The number of H-pyrrole nitrogens is 1. The summed E-state index contributed by atoms with van der Waals surface area (Å²) in [5, 5.41) is 16.4. The lowest BCUT2D eigenvalue weighted by Gasteiger charge is -2.35. The molecule has 1 aliphatic carbocycles. The number of aromatic nitrogens is 6. The first-order valence-corrected chi connectivity index (χ1v) is 15.0. The van der Waals surface area contributed by atoms with E-state index in [2.05, 4.69) is 25.4 Å². The highest BCUT2D eigenvalue weighted by Crippen LogP contribution is 2.43. The van der Waals surface area contributed by atoms with Gasteiger partial charge in [-0.3, -0.25) is 10.00 Å². The fraction of sp³-hybridized carbons (Fsp3) is 0.516. The number of rotatable bonds is 6. The summed E-state index contributed by atoms with van der Waals surface area (Å²) in [7, 11) is 1.93. The normalized spacial score (nSPS) is 17.6. The van der Waals surface area contributed by atoms with Crippen molar-refractivity contribution in [3.8, 4) is 11.3 Å². The number of nitrogens with zero attached hydrogens (tertiary/aromatic N) is 7. The van der Waals surface area contributed by atoms with Crippen molar-refractivity contribution in [2.24, 2.45) is 13.0 Å². The van der Waals surface area contributed by atoms with E-state index in [4.69, 9.17) is 4.74 Å². The monoisotopic (exact) mass is 610 g/mol. The van der Waals surface area contributed by atoms with Crippen LogP contribution in [0.1, 0.15) is 68.7 Å². The Balaban J connectivity index is 1.30. The maximum absolute atomic E-state index is 14.1. The van der Waals surface area contributed by atoms with Crippen molar-refractivity contribution in [2.75, 3.05) is 26.2 Å². The minimum Gasteiger partial charge on any atom is -0.444 e. The fourth-order valence-corrected chi connectivity index (χ4v) is 6.05. The van der Waals surface area contributed by atoms with Gasteiger partial charge >= 0.3 is 12.3 Å². The third-order valence-electron chi connectivity index (χ3n) is 8.48. The van der Waals surface area contributed by atoms with E-state index in [9.17, 15) is 18.0 Å². The highest BCUT2D eigenvalue weighted by molar-refractivity contribution is 5.94. The number of piperazine rings is 1. The predicted octanol–water partition coefficient (Wildman–Crippen LogP) is 5.76. The average molecular weight is 611 g/mol. The molecule has 1 N–H and O–H groups in total. The Morgan fingerprint density at radius 3 is 2.48 bits per heavy atom. The molecule has 2 aliphatic rings. The van der Waals surface area contributed by atoms with E-state index in [1.807, 2.05) is 61.6 Å². The topological polar surface area (TPSA) is 105 Å². The molecule has 0 radical (unpaired) electrons. The number of fused-ring (bicyclic) bond motifs is 1.